The van der Waals surface area contributed by atoms with E-state index in [0.717, 1.165) is 67.9 Å². The lowest BCUT2D eigenvalue weighted by atomic mass is 10.0. The summed E-state index contributed by atoms with van der Waals surface area (Å²) in [6, 6.07) is 95.4. The fraction of sp³-hybridized carbons (Fsp3) is 0. The Kier molecular flexibility index (Phi) is 10.2. The maximum absolute atomic E-state index is 2.42. The second-order valence-electron chi connectivity index (χ2n) is 15.9. The van der Waals surface area contributed by atoms with Crippen LogP contribution in [0.5, 0.6) is 0 Å². The number of benzene rings is 10. The third kappa shape index (κ3) is 7.33. The maximum Gasteiger partial charge on any atom is 0.0561 e. The van der Waals surface area contributed by atoms with E-state index < -0.39 is 0 Å². The normalized spacial score (nSPS) is 11.1. The standard InChI is InChI=1S/C60H44N4/c1-7-21-45(22-8-1)46-37-39-57-58-40-38-56(44-60(58)64(59(57)41-46)51-31-17-6-18-32-51)63(54-35-19-33-52(42-54)61(47-23-9-2-10-24-47)48-25-11-3-12-26-48)55-36-20-34-53(43-55)62(49-27-13-4-14-28-49)50-29-15-5-16-30-50/h1-44H. The van der Waals surface area contributed by atoms with Crippen LogP contribution in [0.15, 0.2) is 267 Å². The van der Waals surface area contributed by atoms with Gasteiger partial charge in [0, 0.05) is 67.6 Å². The Morgan fingerprint density at radius 1 is 0.219 bits per heavy atom. The van der Waals surface area contributed by atoms with E-state index in [2.05, 4.69) is 286 Å². The average molecular weight is 821 g/mol. The fourth-order valence-corrected chi connectivity index (χ4v) is 9.00. The number of aromatic nitrogens is 1. The van der Waals surface area contributed by atoms with Crippen molar-refractivity contribution >= 4 is 73.0 Å². The predicted octanol–water partition coefficient (Wildman–Crippen LogP) is 16.9. The monoisotopic (exact) mass is 820 g/mol. The van der Waals surface area contributed by atoms with Gasteiger partial charge in [0.15, 0.2) is 0 Å². The highest BCUT2D eigenvalue weighted by Crippen LogP contribution is 2.45. The van der Waals surface area contributed by atoms with E-state index in [1.165, 1.54) is 21.9 Å². The largest absolute Gasteiger partial charge is 0.310 e. The van der Waals surface area contributed by atoms with Gasteiger partial charge in [-0.15, -0.1) is 0 Å². The molecule has 1 aromatic heterocycles. The van der Waals surface area contributed by atoms with Gasteiger partial charge in [0.2, 0.25) is 0 Å². The maximum atomic E-state index is 2.42. The molecule has 0 aliphatic heterocycles. The molecule has 0 aliphatic carbocycles. The van der Waals surface area contributed by atoms with Gasteiger partial charge >= 0.3 is 0 Å². The number of hydrogen-bond acceptors (Lipinski definition) is 3. The molecule has 0 radical (unpaired) electrons. The first-order valence-corrected chi connectivity index (χ1v) is 21.8. The molecule has 1 heterocycles. The Bertz CT molecular complexity index is 3110. The van der Waals surface area contributed by atoms with E-state index in [1.807, 2.05) is 0 Å². The second kappa shape index (κ2) is 17.0. The van der Waals surface area contributed by atoms with Gasteiger partial charge in [-0.2, -0.15) is 0 Å². The summed E-state index contributed by atoms with van der Waals surface area (Å²) in [5.74, 6) is 0. The Morgan fingerprint density at radius 3 is 0.984 bits per heavy atom. The van der Waals surface area contributed by atoms with E-state index in [9.17, 15) is 0 Å². The van der Waals surface area contributed by atoms with Crippen LogP contribution >= 0.6 is 0 Å². The average Bonchev–Trinajstić information content (AvgIpc) is 3.69. The van der Waals surface area contributed by atoms with Gasteiger partial charge in [0.1, 0.15) is 0 Å². The smallest absolute Gasteiger partial charge is 0.0561 e. The van der Waals surface area contributed by atoms with Crippen molar-refractivity contribution in [3.63, 3.8) is 0 Å². The van der Waals surface area contributed by atoms with Crippen molar-refractivity contribution in [1.29, 1.82) is 0 Å². The summed E-state index contributed by atoms with van der Waals surface area (Å²) in [6.45, 7) is 0. The quantitative estimate of drug-likeness (QED) is 0.129. The molecule has 0 spiro atoms. The van der Waals surface area contributed by atoms with Gasteiger partial charge in [0.05, 0.1) is 11.0 Å². The second-order valence-corrected chi connectivity index (χ2v) is 15.9. The first-order chi connectivity index (χ1) is 31.8. The van der Waals surface area contributed by atoms with Crippen molar-refractivity contribution in [3.05, 3.63) is 267 Å². The van der Waals surface area contributed by atoms with Crippen molar-refractivity contribution in [1.82, 2.24) is 4.57 Å². The number of para-hydroxylation sites is 5. The first-order valence-electron chi connectivity index (χ1n) is 21.8. The van der Waals surface area contributed by atoms with Crippen LogP contribution in [0.4, 0.5) is 51.2 Å². The number of anilines is 9. The van der Waals surface area contributed by atoms with E-state index in [0.29, 0.717) is 0 Å². The lowest BCUT2D eigenvalue weighted by molar-refractivity contribution is 1.18. The summed E-state index contributed by atoms with van der Waals surface area (Å²) >= 11 is 0. The van der Waals surface area contributed by atoms with Crippen molar-refractivity contribution in [2.75, 3.05) is 14.7 Å². The zero-order chi connectivity index (χ0) is 42.7. The first kappa shape index (κ1) is 38.3. The van der Waals surface area contributed by atoms with Gasteiger partial charge in [-0.25, -0.2) is 0 Å². The van der Waals surface area contributed by atoms with Crippen LogP contribution in [0, 0.1) is 0 Å². The third-order valence-corrected chi connectivity index (χ3v) is 11.9. The highest BCUT2D eigenvalue weighted by molar-refractivity contribution is 6.11. The van der Waals surface area contributed by atoms with Crippen molar-refractivity contribution < 1.29 is 0 Å². The minimum Gasteiger partial charge on any atom is -0.310 e. The van der Waals surface area contributed by atoms with Crippen molar-refractivity contribution in [2.45, 2.75) is 0 Å². The number of rotatable bonds is 11. The van der Waals surface area contributed by atoms with Crippen LogP contribution < -0.4 is 14.7 Å². The molecule has 304 valence electrons. The Labute approximate surface area is 374 Å². The molecular weight excluding hydrogens is 777 g/mol. The molecule has 0 bridgehead atoms. The number of hydrogen-bond donors (Lipinski definition) is 0. The molecule has 64 heavy (non-hydrogen) atoms. The molecular formula is C60H44N4. The van der Waals surface area contributed by atoms with Gasteiger partial charge in [-0.3, -0.25) is 0 Å². The van der Waals surface area contributed by atoms with Crippen LogP contribution in [-0.2, 0) is 0 Å². The molecule has 0 atom stereocenters. The van der Waals surface area contributed by atoms with Gasteiger partial charge in [-0.1, -0.05) is 152 Å². The van der Waals surface area contributed by atoms with Gasteiger partial charge < -0.3 is 19.3 Å². The zero-order valence-electron chi connectivity index (χ0n) is 35.2. The summed E-state index contributed by atoms with van der Waals surface area (Å²) < 4.78 is 2.42. The van der Waals surface area contributed by atoms with Gasteiger partial charge in [0.25, 0.3) is 0 Å². The number of nitrogens with zero attached hydrogens (tertiary/aromatic N) is 4. The minimum absolute atomic E-state index is 1.03. The van der Waals surface area contributed by atoms with Crippen molar-refractivity contribution in [2.24, 2.45) is 0 Å². The molecule has 0 saturated carbocycles. The summed E-state index contributed by atoms with van der Waals surface area (Å²) in [6.07, 6.45) is 0. The van der Waals surface area contributed by atoms with Crippen LogP contribution in [-0.4, -0.2) is 4.57 Å². The molecule has 0 unspecified atom stereocenters. The third-order valence-electron chi connectivity index (χ3n) is 11.9. The van der Waals surface area contributed by atoms with Crippen molar-refractivity contribution in [3.8, 4) is 16.8 Å². The minimum atomic E-state index is 1.03. The molecule has 0 N–H and O–H groups in total. The van der Waals surface area contributed by atoms with E-state index in [1.54, 1.807) is 0 Å². The summed E-state index contributed by atoms with van der Waals surface area (Å²) in [5, 5.41) is 2.41. The van der Waals surface area contributed by atoms with E-state index >= 15 is 0 Å². The highest BCUT2D eigenvalue weighted by atomic mass is 15.2. The summed E-state index contributed by atoms with van der Waals surface area (Å²) in [7, 11) is 0. The Hall–Kier alpha value is -8.60. The van der Waals surface area contributed by atoms with Crippen LogP contribution in [0.1, 0.15) is 0 Å². The molecule has 0 saturated heterocycles. The molecule has 0 aliphatic rings. The van der Waals surface area contributed by atoms with Crippen LogP contribution in [0.25, 0.3) is 38.6 Å². The van der Waals surface area contributed by atoms with Crippen LogP contribution in [0.3, 0.4) is 0 Å². The molecule has 11 aromatic rings. The molecule has 11 rings (SSSR count). The lowest BCUT2D eigenvalue weighted by Gasteiger charge is -2.31. The lowest BCUT2D eigenvalue weighted by Crippen LogP contribution is -2.14. The summed E-state index contributed by atoms with van der Waals surface area (Å²) in [5.41, 5.74) is 15.4. The Balaban J connectivity index is 1.14. The summed E-state index contributed by atoms with van der Waals surface area (Å²) in [4.78, 5) is 7.05. The van der Waals surface area contributed by atoms with Gasteiger partial charge in [-0.05, 0) is 126 Å². The zero-order valence-corrected chi connectivity index (χ0v) is 35.2. The van der Waals surface area contributed by atoms with E-state index in [4.69, 9.17) is 0 Å². The molecule has 10 aromatic carbocycles. The molecule has 4 nitrogen and oxygen atoms in total. The Morgan fingerprint density at radius 2 is 0.547 bits per heavy atom. The predicted molar refractivity (Wildman–Crippen MR) is 270 cm³/mol. The fourth-order valence-electron chi connectivity index (χ4n) is 9.00. The molecule has 0 fully saturated rings. The molecule has 0 amide bonds. The SMILES string of the molecule is c1ccc(-c2ccc3c4ccc(N(c5cccc(N(c6ccccc6)c6ccccc6)c5)c5cccc(N(c6ccccc6)c6ccccc6)c5)cc4n(-c4ccccc4)c3c2)cc1. The molecule has 4 heteroatoms. The highest BCUT2D eigenvalue weighted by Gasteiger charge is 2.22. The topological polar surface area (TPSA) is 14.7 Å². The van der Waals surface area contributed by atoms with E-state index in [-0.39, 0.29) is 0 Å². The van der Waals surface area contributed by atoms with Crippen LogP contribution in [0.2, 0.25) is 0 Å². The number of fused-ring (bicyclic) bond motifs is 3.